The number of likely N-dealkylation sites (tertiary alicyclic amines) is 1. The summed E-state index contributed by atoms with van der Waals surface area (Å²) in [4.78, 5) is 15.5. The van der Waals surface area contributed by atoms with Crippen LogP contribution >= 0.6 is 0 Å². The van der Waals surface area contributed by atoms with Crippen molar-refractivity contribution in [2.75, 3.05) is 27.8 Å². The lowest BCUT2D eigenvalue weighted by Crippen LogP contribution is -2.51. The van der Waals surface area contributed by atoms with Crippen LogP contribution in [-0.4, -0.2) is 50.7 Å². The molecule has 0 bridgehead atoms. The van der Waals surface area contributed by atoms with Gasteiger partial charge in [-0.05, 0) is 80.2 Å². The third kappa shape index (κ3) is 4.41. The Balaban J connectivity index is 1.30. The number of hydrogen-bond donors (Lipinski definition) is 1. The van der Waals surface area contributed by atoms with E-state index in [1.807, 2.05) is 48.5 Å². The van der Waals surface area contributed by atoms with Crippen molar-refractivity contribution in [3.8, 4) is 22.6 Å². The Hall–Kier alpha value is -3.31. The molecule has 3 aromatic rings. The van der Waals surface area contributed by atoms with Crippen LogP contribution in [0.25, 0.3) is 11.1 Å². The summed E-state index contributed by atoms with van der Waals surface area (Å²) in [7, 11) is 5.57. The van der Waals surface area contributed by atoms with Crippen molar-refractivity contribution in [1.82, 2.24) is 10.2 Å². The molecule has 1 N–H and O–H groups in total. The third-order valence-corrected chi connectivity index (χ3v) is 8.08. The van der Waals surface area contributed by atoms with Crippen molar-refractivity contribution in [3.63, 3.8) is 0 Å². The summed E-state index contributed by atoms with van der Waals surface area (Å²) in [5.41, 5.74) is 4.37. The normalized spacial score (nSPS) is 24.0. The first-order valence-corrected chi connectivity index (χ1v) is 12.4. The minimum Gasteiger partial charge on any atom is -0.493 e. The number of carbonyl (C=O) groups is 1. The highest BCUT2D eigenvalue weighted by Gasteiger charge is 2.50. The van der Waals surface area contributed by atoms with Crippen LogP contribution in [0.4, 0.5) is 0 Å². The van der Waals surface area contributed by atoms with Crippen LogP contribution < -0.4 is 14.8 Å². The summed E-state index contributed by atoms with van der Waals surface area (Å²) in [6.07, 6.45) is 4.06. The van der Waals surface area contributed by atoms with E-state index in [1.165, 1.54) is 5.56 Å². The fourth-order valence-electron chi connectivity index (χ4n) is 6.11. The van der Waals surface area contributed by atoms with E-state index in [2.05, 4.69) is 41.5 Å². The number of benzene rings is 3. The molecule has 1 amide bonds. The van der Waals surface area contributed by atoms with Crippen LogP contribution in [0.15, 0.2) is 72.8 Å². The van der Waals surface area contributed by atoms with E-state index in [9.17, 15) is 4.79 Å². The van der Waals surface area contributed by atoms with Crippen molar-refractivity contribution in [3.05, 3.63) is 83.9 Å². The molecular formula is C30H34N2O3. The molecule has 1 saturated carbocycles. The monoisotopic (exact) mass is 470 g/mol. The lowest BCUT2D eigenvalue weighted by Gasteiger charge is -2.45. The maximum absolute atomic E-state index is 13.1. The number of carbonyl (C=O) groups excluding carboxylic acids is 1. The van der Waals surface area contributed by atoms with Crippen LogP contribution in [-0.2, 0) is 5.41 Å². The minimum atomic E-state index is 0.00822. The van der Waals surface area contributed by atoms with E-state index >= 15 is 0 Å². The Labute approximate surface area is 208 Å². The van der Waals surface area contributed by atoms with Crippen LogP contribution in [0.5, 0.6) is 11.5 Å². The van der Waals surface area contributed by atoms with Gasteiger partial charge < -0.3 is 19.7 Å². The zero-order chi connectivity index (χ0) is 24.4. The van der Waals surface area contributed by atoms with E-state index in [0.29, 0.717) is 11.6 Å². The lowest BCUT2D eigenvalue weighted by molar-refractivity contribution is 0.0889. The average molecular weight is 471 g/mol. The first-order chi connectivity index (χ1) is 17.0. The van der Waals surface area contributed by atoms with Gasteiger partial charge in [0.15, 0.2) is 11.5 Å². The Bertz CT molecular complexity index is 1180. The predicted octanol–water partition coefficient (Wildman–Crippen LogP) is 5.30. The molecule has 182 valence electrons. The second-order valence-electron chi connectivity index (χ2n) is 9.86. The summed E-state index contributed by atoms with van der Waals surface area (Å²) in [6, 6.07) is 25.0. The maximum Gasteiger partial charge on any atom is 0.251 e. The van der Waals surface area contributed by atoms with Gasteiger partial charge in [-0.3, -0.25) is 4.79 Å². The molecule has 0 spiro atoms. The van der Waals surface area contributed by atoms with Crippen LogP contribution in [0.2, 0.25) is 0 Å². The topological polar surface area (TPSA) is 50.8 Å². The third-order valence-electron chi connectivity index (χ3n) is 8.08. The largest absolute Gasteiger partial charge is 0.493 e. The van der Waals surface area contributed by atoms with E-state index in [0.717, 1.165) is 54.9 Å². The van der Waals surface area contributed by atoms with E-state index in [4.69, 9.17) is 9.47 Å². The minimum absolute atomic E-state index is 0.00822. The molecule has 1 aliphatic heterocycles. The fourth-order valence-corrected chi connectivity index (χ4v) is 6.11. The summed E-state index contributed by atoms with van der Waals surface area (Å²) < 4.78 is 11.1. The fraction of sp³-hybridized carbons (Fsp3) is 0.367. The van der Waals surface area contributed by atoms with Crippen molar-refractivity contribution >= 4 is 5.91 Å². The predicted molar refractivity (Wildman–Crippen MR) is 139 cm³/mol. The summed E-state index contributed by atoms with van der Waals surface area (Å²) >= 11 is 0. The van der Waals surface area contributed by atoms with E-state index in [1.54, 1.807) is 14.2 Å². The molecule has 1 saturated heterocycles. The molecule has 2 aliphatic rings. The highest BCUT2D eigenvalue weighted by molar-refractivity contribution is 5.94. The SMILES string of the molecule is COc1ccc([C@@]23CC[C@@H](NC(=O)c4ccc(-c5ccccc5)cc4)CC2N(C)CC3)cc1OC. The highest BCUT2D eigenvalue weighted by atomic mass is 16.5. The van der Waals surface area contributed by atoms with Crippen molar-refractivity contribution < 1.29 is 14.3 Å². The van der Waals surface area contributed by atoms with Crippen LogP contribution in [0.1, 0.15) is 41.6 Å². The maximum atomic E-state index is 13.1. The molecule has 0 aromatic heterocycles. The lowest BCUT2D eigenvalue weighted by atomic mass is 9.65. The number of rotatable bonds is 6. The quantitative estimate of drug-likeness (QED) is 0.532. The van der Waals surface area contributed by atoms with Gasteiger partial charge >= 0.3 is 0 Å². The Morgan fingerprint density at radius 2 is 1.63 bits per heavy atom. The molecule has 3 atom stereocenters. The van der Waals surface area contributed by atoms with Crippen LogP contribution in [0, 0.1) is 0 Å². The molecule has 1 unspecified atom stereocenters. The molecule has 35 heavy (non-hydrogen) atoms. The number of ether oxygens (including phenoxy) is 2. The first kappa shape index (κ1) is 23.4. The second kappa shape index (κ2) is 9.74. The molecular weight excluding hydrogens is 436 g/mol. The standard InChI is InChI=1S/C30H34N2O3/c1-32-18-17-30(24-13-14-26(34-2)27(19-24)35-3)16-15-25(20-28(30)32)31-29(33)23-11-9-22(10-12-23)21-7-5-4-6-8-21/h4-14,19,25,28H,15-18,20H2,1-3H3,(H,31,33)/t25-,28?,30+/m1/s1. The van der Waals surface area contributed by atoms with Gasteiger partial charge in [0.1, 0.15) is 0 Å². The Morgan fingerprint density at radius 3 is 2.34 bits per heavy atom. The molecule has 5 nitrogen and oxygen atoms in total. The Kier molecular flexibility index (Phi) is 6.52. The van der Waals surface area contributed by atoms with Crippen molar-refractivity contribution in [1.29, 1.82) is 0 Å². The number of fused-ring (bicyclic) bond motifs is 1. The molecule has 5 heteroatoms. The summed E-state index contributed by atoms with van der Waals surface area (Å²) in [5.74, 6) is 1.55. The zero-order valence-electron chi connectivity index (χ0n) is 20.8. The van der Waals surface area contributed by atoms with Gasteiger partial charge in [0, 0.05) is 23.1 Å². The zero-order valence-corrected chi connectivity index (χ0v) is 20.8. The van der Waals surface area contributed by atoms with Gasteiger partial charge in [-0.2, -0.15) is 0 Å². The summed E-state index contributed by atoms with van der Waals surface area (Å²) in [6.45, 7) is 1.06. The highest BCUT2D eigenvalue weighted by Crippen LogP contribution is 2.49. The molecule has 1 aliphatic carbocycles. The smallest absolute Gasteiger partial charge is 0.251 e. The van der Waals surface area contributed by atoms with Gasteiger partial charge in [0.2, 0.25) is 0 Å². The average Bonchev–Trinajstić information content (AvgIpc) is 3.25. The van der Waals surface area contributed by atoms with Gasteiger partial charge in [-0.1, -0.05) is 48.5 Å². The van der Waals surface area contributed by atoms with Gasteiger partial charge in [-0.15, -0.1) is 0 Å². The molecule has 5 rings (SSSR count). The van der Waals surface area contributed by atoms with E-state index in [-0.39, 0.29) is 17.4 Å². The number of amides is 1. The number of methoxy groups -OCH3 is 2. The van der Waals surface area contributed by atoms with Gasteiger partial charge in [0.25, 0.3) is 5.91 Å². The van der Waals surface area contributed by atoms with Crippen molar-refractivity contribution in [2.45, 2.75) is 43.2 Å². The molecule has 1 heterocycles. The molecule has 3 aromatic carbocycles. The Morgan fingerprint density at radius 1 is 0.914 bits per heavy atom. The first-order valence-electron chi connectivity index (χ1n) is 12.4. The number of nitrogens with one attached hydrogen (secondary N) is 1. The van der Waals surface area contributed by atoms with Gasteiger partial charge in [-0.25, -0.2) is 0 Å². The van der Waals surface area contributed by atoms with Crippen LogP contribution in [0.3, 0.4) is 0 Å². The molecule has 0 radical (unpaired) electrons. The molecule has 2 fully saturated rings. The van der Waals surface area contributed by atoms with Gasteiger partial charge in [0.05, 0.1) is 14.2 Å². The summed E-state index contributed by atoms with van der Waals surface area (Å²) in [5, 5.41) is 3.33. The van der Waals surface area contributed by atoms with E-state index < -0.39 is 0 Å². The number of nitrogens with zero attached hydrogens (tertiary/aromatic N) is 1. The second-order valence-corrected chi connectivity index (χ2v) is 9.86. The number of likely N-dealkylation sites (N-methyl/N-ethyl adjacent to an activating group) is 1. The van der Waals surface area contributed by atoms with Crippen molar-refractivity contribution in [2.24, 2.45) is 0 Å². The number of hydrogen-bond acceptors (Lipinski definition) is 4.